The van der Waals surface area contributed by atoms with E-state index >= 15 is 0 Å². The first-order chi connectivity index (χ1) is 13.0. The molecule has 0 aromatic carbocycles. The van der Waals surface area contributed by atoms with Gasteiger partial charge in [-0.2, -0.15) is 0 Å². The van der Waals surface area contributed by atoms with Gasteiger partial charge in [0.15, 0.2) is 6.10 Å². The van der Waals surface area contributed by atoms with Crippen LogP contribution in [0.5, 0.6) is 0 Å². The summed E-state index contributed by atoms with van der Waals surface area (Å²) in [5.74, 6) is -3.20. The van der Waals surface area contributed by atoms with Gasteiger partial charge in [0.2, 0.25) is 17.7 Å². The van der Waals surface area contributed by atoms with Crippen LogP contribution in [0.2, 0.25) is 0 Å². The SMILES string of the molecule is CC(=O)OC1=C(N2C=CCC(C(=O)O)=C2)O[C@H](COP(=O)(O)O)C1OC(C)=O. The van der Waals surface area contributed by atoms with Crippen molar-refractivity contribution in [3.8, 4) is 0 Å². The van der Waals surface area contributed by atoms with E-state index in [1.54, 1.807) is 0 Å². The van der Waals surface area contributed by atoms with Crippen molar-refractivity contribution in [1.29, 1.82) is 0 Å². The first-order valence-corrected chi connectivity index (χ1v) is 9.36. The van der Waals surface area contributed by atoms with Crippen molar-refractivity contribution >= 4 is 25.7 Å². The highest BCUT2D eigenvalue weighted by molar-refractivity contribution is 7.46. The molecule has 0 saturated heterocycles. The predicted molar refractivity (Wildman–Crippen MR) is 88.5 cm³/mol. The number of aliphatic carboxylic acids is 1. The fraction of sp³-hybridized carbons (Fsp3) is 0.400. The molecule has 3 N–H and O–H groups in total. The Morgan fingerprint density at radius 1 is 1.29 bits per heavy atom. The van der Waals surface area contributed by atoms with Crippen molar-refractivity contribution in [1.82, 2.24) is 4.90 Å². The molecule has 0 bridgehead atoms. The van der Waals surface area contributed by atoms with Gasteiger partial charge in [0, 0.05) is 32.7 Å². The van der Waals surface area contributed by atoms with Crippen molar-refractivity contribution in [3.63, 3.8) is 0 Å². The summed E-state index contributed by atoms with van der Waals surface area (Å²) < 4.78 is 31.1. The fourth-order valence-electron chi connectivity index (χ4n) is 2.42. The Balaban J connectivity index is 2.41. The molecule has 0 radical (unpaired) electrons. The van der Waals surface area contributed by atoms with Crippen LogP contribution in [0.1, 0.15) is 20.3 Å². The minimum atomic E-state index is -4.87. The molecule has 2 rings (SSSR count). The first kappa shape index (κ1) is 21.6. The third-order valence-electron chi connectivity index (χ3n) is 3.43. The fourth-order valence-corrected chi connectivity index (χ4v) is 2.77. The van der Waals surface area contributed by atoms with Crippen LogP contribution in [-0.2, 0) is 37.7 Å². The summed E-state index contributed by atoms with van der Waals surface area (Å²) in [5, 5.41) is 9.16. The van der Waals surface area contributed by atoms with Gasteiger partial charge < -0.3 is 29.1 Å². The molecule has 154 valence electrons. The van der Waals surface area contributed by atoms with Crippen molar-refractivity contribution in [2.75, 3.05) is 6.61 Å². The Morgan fingerprint density at radius 2 is 1.96 bits per heavy atom. The number of allylic oxidation sites excluding steroid dienone is 1. The highest BCUT2D eigenvalue weighted by Crippen LogP contribution is 2.39. The number of ether oxygens (including phenoxy) is 3. The molecular weight excluding hydrogens is 401 g/mol. The molecule has 13 heteroatoms. The average Bonchev–Trinajstić information content (AvgIpc) is 2.89. The van der Waals surface area contributed by atoms with Gasteiger partial charge in [0.05, 0.1) is 12.2 Å². The highest BCUT2D eigenvalue weighted by Gasteiger charge is 2.45. The average molecular weight is 419 g/mol. The van der Waals surface area contributed by atoms with Crippen LogP contribution < -0.4 is 0 Å². The summed E-state index contributed by atoms with van der Waals surface area (Å²) in [4.78, 5) is 53.2. The first-order valence-electron chi connectivity index (χ1n) is 7.83. The predicted octanol–water partition coefficient (Wildman–Crippen LogP) is 0.346. The van der Waals surface area contributed by atoms with Crippen LogP contribution in [0, 0.1) is 0 Å². The van der Waals surface area contributed by atoms with E-state index in [2.05, 4.69) is 4.52 Å². The molecule has 2 aliphatic rings. The van der Waals surface area contributed by atoms with Gasteiger partial charge in [-0.05, 0) is 0 Å². The number of esters is 2. The maximum Gasteiger partial charge on any atom is 0.469 e. The minimum absolute atomic E-state index is 0.000251. The number of carboxylic acid groups (broad SMARTS) is 1. The number of rotatable bonds is 7. The second-order valence-electron chi connectivity index (χ2n) is 5.69. The Kier molecular flexibility index (Phi) is 6.62. The molecule has 2 aliphatic heterocycles. The van der Waals surface area contributed by atoms with Gasteiger partial charge in [0.25, 0.3) is 0 Å². The van der Waals surface area contributed by atoms with E-state index < -0.39 is 44.5 Å². The van der Waals surface area contributed by atoms with Crippen LogP contribution in [0.4, 0.5) is 0 Å². The molecule has 0 aliphatic carbocycles. The van der Waals surface area contributed by atoms with E-state index in [4.69, 9.17) is 29.1 Å². The molecule has 0 fully saturated rings. The van der Waals surface area contributed by atoms with Crippen LogP contribution in [0.3, 0.4) is 0 Å². The van der Waals surface area contributed by atoms with E-state index in [9.17, 15) is 18.9 Å². The molecule has 0 amide bonds. The number of carbonyl (C=O) groups excluding carboxylic acids is 2. The second kappa shape index (κ2) is 8.57. The molecule has 2 atom stereocenters. The van der Waals surface area contributed by atoms with Crippen molar-refractivity contribution in [2.24, 2.45) is 0 Å². The number of carbonyl (C=O) groups is 3. The highest BCUT2D eigenvalue weighted by atomic mass is 31.2. The Labute approximate surface area is 158 Å². The van der Waals surface area contributed by atoms with E-state index in [1.165, 1.54) is 23.4 Å². The Morgan fingerprint density at radius 3 is 2.50 bits per heavy atom. The van der Waals surface area contributed by atoms with E-state index in [-0.39, 0.29) is 23.6 Å². The zero-order valence-corrected chi connectivity index (χ0v) is 15.7. The van der Waals surface area contributed by atoms with Crippen LogP contribution in [0.25, 0.3) is 0 Å². The third-order valence-corrected chi connectivity index (χ3v) is 3.92. The number of phosphoric acid groups is 1. The van der Waals surface area contributed by atoms with Crippen molar-refractivity contribution < 1.29 is 52.6 Å². The number of phosphoric ester groups is 1. The minimum Gasteiger partial charge on any atom is -0.478 e. The molecule has 12 nitrogen and oxygen atoms in total. The lowest BCUT2D eigenvalue weighted by Gasteiger charge is -2.22. The van der Waals surface area contributed by atoms with Crippen LogP contribution in [-0.4, -0.2) is 56.5 Å². The summed E-state index contributed by atoms with van der Waals surface area (Å²) in [5.41, 5.74) is -0.000251. The van der Waals surface area contributed by atoms with E-state index in [0.29, 0.717) is 0 Å². The van der Waals surface area contributed by atoms with E-state index in [0.717, 1.165) is 13.8 Å². The lowest BCUT2D eigenvalue weighted by molar-refractivity contribution is -0.154. The number of hydrogen-bond acceptors (Lipinski definition) is 9. The van der Waals surface area contributed by atoms with Crippen molar-refractivity contribution in [3.05, 3.63) is 35.7 Å². The normalized spacial score (nSPS) is 21.9. The maximum atomic E-state index is 11.5. The lowest BCUT2D eigenvalue weighted by atomic mass is 10.1. The molecule has 1 unspecified atom stereocenters. The third kappa shape index (κ3) is 5.67. The van der Waals surface area contributed by atoms with Crippen molar-refractivity contribution in [2.45, 2.75) is 32.5 Å². The van der Waals surface area contributed by atoms with Gasteiger partial charge in [-0.1, -0.05) is 6.08 Å². The largest absolute Gasteiger partial charge is 0.478 e. The summed E-state index contributed by atoms with van der Waals surface area (Å²) in [7, 11) is -4.87. The number of carboxylic acids is 1. The zero-order valence-electron chi connectivity index (χ0n) is 14.8. The van der Waals surface area contributed by atoms with Gasteiger partial charge in [-0.25, -0.2) is 9.36 Å². The van der Waals surface area contributed by atoms with Crippen LogP contribution >= 0.6 is 7.82 Å². The summed E-state index contributed by atoms with van der Waals surface area (Å²) in [6.07, 6.45) is 1.66. The molecule has 0 saturated carbocycles. The van der Waals surface area contributed by atoms with E-state index in [1.807, 2.05) is 0 Å². The van der Waals surface area contributed by atoms with Gasteiger partial charge in [-0.3, -0.25) is 19.0 Å². The molecule has 0 aromatic heterocycles. The summed E-state index contributed by atoms with van der Waals surface area (Å²) >= 11 is 0. The molecule has 0 aromatic rings. The van der Waals surface area contributed by atoms with Gasteiger partial charge in [0.1, 0.15) is 0 Å². The smallest absolute Gasteiger partial charge is 0.469 e. The van der Waals surface area contributed by atoms with Gasteiger partial charge >= 0.3 is 25.7 Å². The van der Waals surface area contributed by atoms with Crippen LogP contribution in [0.15, 0.2) is 35.7 Å². The molecule has 28 heavy (non-hydrogen) atoms. The number of nitrogens with zero attached hydrogens (tertiary/aromatic N) is 1. The Hall–Kier alpha value is -2.66. The molecular formula is C15H18NO11P. The molecule has 0 spiro atoms. The Bertz CT molecular complexity index is 809. The van der Waals surface area contributed by atoms with Gasteiger partial charge in [-0.15, -0.1) is 0 Å². The molecule has 2 heterocycles. The standard InChI is InChI=1S/C15H18NO11P/c1-8(17)25-12-11(7-24-28(21,22)23)27-14(13(12)26-9(2)18)16-5-3-4-10(6-16)15(19)20/h3,5-6,11-12H,4,7H2,1-2H3,(H,19,20)(H2,21,22,23)/t11-,12?/m1/s1. The zero-order chi connectivity index (χ0) is 21.1. The lowest BCUT2D eigenvalue weighted by Crippen LogP contribution is -2.33. The topological polar surface area (TPSA) is 169 Å². The maximum absolute atomic E-state index is 11.5. The second-order valence-corrected chi connectivity index (χ2v) is 6.93. The monoisotopic (exact) mass is 419 g/mol. The summed E-state index contributed by atoms with van der Waals surface area (Å²) in [6, 6.07) is 0. The number of hydrogen-bond donors (Lipinski definition) is 3. The quantitative estimate of drug-likeness (QED) is 0.383. The summed E-state index contributed by atoms with van der Waals surface area (Å²) in [6.45, 7) is 1.45.